The van der Waals surface area contributed by atoms with E-state index in [9.17, 15) is 9.59 Å². The zero-order valence-electron chi connectivity index (χ0n) is 10.6. The number of nitrogens with zero attached hydrogens (tertiary/aromatic N) is 1. The minimum atomic E-state index is -0.0454. The van der Waals surface area contributed by atoms with Crippen LogP contribution in [-0.4, -0.2) is 29.7 Å². The summed E-state index contributed by atoms with van der Waals surface area (Å²) in [7, 11) is 0. The van der Waals surface area contributed by atoms with Gasteiger partial charge in [-0.3, -0.25) is 9.59 Å². The second-order valence-corrected chi connectivity index (χ2v) is 5.80. The van der Waals surface area contributed by atoms with Gasteiger partial charge in [-0.05, 0) is 30.7 Å². The van der Waals surface area contributed by atoms with Gasteiger partial charge in [0, 0.05) is 35.5 Å². The van der Waals surface area contributed by atoms with E-state index in [1.807, 2.05) is 32.0 Å². The second kappa shape index (κ2) is 5.22. The average Bonchev–Trinajstić information content (AvgIpc) is 2.30. The zero-order valence-corrected chi connectivity index (χ0v) is 12.2. The molecule has 96 valence electrons. The van der Waals surface area contributed by atoms with Crippen LogP contribution >= 0.6 is 15.9 Å². The number of amides is 1. The first kappa shape index (κ1) is 13.3. The minimum absolute atomic E-state index is 0.0127. The van der Waals surface area contributed by atoms with Crippen LogP contribution in [0.4, 0.5) is 0 Å². The molecule has 2 rings (SSSR count). The Bertz CT molecular complexity index is 478. The summed E-state index contributed by atoms with van der Waals surface area (Å²) in [5, 5.41) is 0. The molecule has 18 heavy (non-hydrogen) atoms. The van der Waals surface area contributed by atoms with Gasteiger partial charge < -0.3 is 4.90 Å². The Morgan fingerprint density at radius 3 is 2.72 bits per heavy atom. The van der Waals surface area contributed by atoms with E-state index in [1.165, 1.54) is 0 Å². The van der Waals surface area contributed by atoms with Gasteiger partial charge >= 0.3 is 0 Å². The lowest BCUT2D eigenvalue weighted by Gasteiger charge is -2.30. The number of piperidine rings is 1. The van der Waals surface area contributed by atoms with Crippen molar-refractivity contribution in [3.63, 3.8) is 0 Å². The number of ketones is 1. The molecule has 0 aromatic heterocycles. The number of carbonyl (C=O) groups excluding carboxylic acids is 2. The van der Waals surface area contributed by atoms with Gasteiger partial charge in [0.15, 0.2) is 0 Å². The maximum Gasteiger partial charge on any atom is 0.253 e. The fraction of sp³-hybridized carbons (Fsp3) is 0.429. The van der Waals surface area contributed by atoms with Crippen LogP contribution in [0.2, 0.25) is 0 Å². The predicted octanol–water partition coefficient (Wildman–Crippen LogP) is 2.81. The third-order valence-corrected chi connectivity index (χ3v) is 3.71. The van der Waals surface area contributed by atoms with Crippen molar-refractivity contribution in [2.45, 2.75) is 20.3 Å². The van der Waals surface area contributed by atoms with Gasteiger partial charge in [0.1, 0.15) is 5.78 Å². The number of aryl methyl sites for hydroxylation is 1. The van der Waals surface area contributed by atoms with Crippen LogP contribution in [0.15, 0.2) is 22.7 Å². The summed E-state index contributed by atoms with van der Waals surface area (Å²) in [4.78, 5) is 25.6. The quantitative estimate of drug-likeness (QED) is 0.800. The molecule has 0 saturated carbocycles. The summed E-state index contributed by atoms with van der Waals surface area (Å²) in [6, 6.07) is 5.68. The molecule has 1 aromatic rings. The monoisotopic (exact) mass is 309 g/mol. The number of rotatable bonds is 1. The number of hydrogen-bond acceptors (Lipinski definition) is 2. The summed E-state index contributed by atoms with van der Waals surface area (Å²) in [5.74, 6) is 0.221. The molecule has 3 nitrogen and oxygen atoms in total. The molecule has 0 spiro atoms. The molecular weight excluding hydrogens is 294 g/mol. The van der Waals surface area contributed by atoms with Gasteiger partial charge in [-0.15, -0.1) is 0 Å². The van der Waals surface area contributed by atoms with Gasteiger partial charge in [-0.2, -0.15) is 0 Å². The van der Waals surface area contributed by atoms with E-state index in [-0.39, 0.29) is 17.6 Å². The Balaban J connectivity index is 2.18. The lowest BCUT2D eigenvalue weighted by atomic mass is 9.98. The van der Waals surface area contributed by atoms with E-state index in [0.29, 0.717) is 25.1 Å². The van der Waals surface area contributed by atoms with Crippen molar-refractivity contribution in [2.24, 2.45) is 5.92 Å². The highest BCUT2D eigenvalue weighted by Crippen LogP contribution is 2.19. The fourth-order valence-corrected chi connectivity index (χ4v) is 2.85. The molecule has 1 heterocycles. The second-order valence-electron chi connectivity index (χ2n) is 4.89. The summed E-state index contributed by atoms with van der Waals surface area (Å²) in [6.45, 7) is 4.91. The topological polar surface area (TPSA) is 37.4 Å². The molecule has 1 aliphatic heterocycles. The van der Waals surface area contributed by atoms with Gasteiger partial charge in [0.05, 0.1) is 0 Å². The van der Waals surface area contributed by atoms with Crippen LogP contribution in [0.3, 0.4) is 0 Å². The molecule has 1 aromatic carbocycles. The molecule has 4 heteroatoms. The van der Waals surface area contributed by atoms with Crippen molar-refractivity contribution in [1.29, 1.82) is 0 Å². The maximum atomic E-state index is 12.4. The van der Waals surface area contributed by atoms with Crippen molar-refractivity contribution >= 4 is 27.6 Å². The SMILES string of the molecule is Cc1cc(Br)cc(C(=O)N2CCC(=O)C(C)C2)c1. The zero-order chi connectivity index (χ0) is 13.3. The number of likely N-dealkylation sites (tertiary alicyclic amines) is 1. The summed E-state index contributed by atoms with van der Waals surface area (Å²) in [6.07, 6.45) is 0.472. The van der Waals surface area contributed by atoms with E-state index >= 15 is 0 Å². The molecule has 1 aliphatic rings. The fourth-order valence-electron chi connectivity index (χ4n) is 2.24. The largest absolute Gasteiger partial charge is 0.337 e. The van der Waals surface area contributed by atoms with Crippen molar-refractivity contribution in [1.82, 2.24) is 4.90 Å². The van der Waals surface area contributed by atoms with Crippen molar-refractivity contribution in [2.75, 3.05) is 13.1 Å². The van der Waals surface area contributed by atoms with E-state index in [1.54, 1.807) is 4.90 Å². The smallest absolute Gasteiger partial charge is 0.253 e. The number of halogens is 1. The predicted molar refractivity (Wildman–Crippen MR) is 73.6 cm³/mol. The van der Waals surface area contributed by atoms with E-state index in [4.69, 9.17) is 0 Å². The normalized spacial score (nSPS) is 20.1. The van der Waals surface area contributed by atoms with E-state index < -0.39 is 0 Å². The molecule has 1 saturated heterocycles. The van der Waals surface area contributed by atoms with Crippen LogP contribution in [0.25, 0.3) is 0 Å². The Kier molecular flexibility index (Phi) is 3.85. The van der Waals surface area contributed by atoms with Crippen molar-refractivity contribution in [3.8, 4) is 0 Å². The Morgan fingerprint density at radius 2 is 2.11 bits per heavy atom. The van der Waals surface area contributed by atoms with Gasteiger partial charge in [-0.1, -0.05) is 22.9 Å². The van der Waals surface area contributed by atoms with Crippen LogP contribution in [-0.2, 0) is 4.79 Å². The van der Waals surface area contributed by atoms with Crippen LogP contribution in [0, 0.1) is 12.8 Å². The van der Waals surface area contributed by atoms with Gasteiger partial charge in [-0.25, -0.2) is 0 Å². The molecular formula is C14H16BrNO2. The Labute approximate surface area is 115 Å². The first-order chi connectivity index (χ1) is 8.47. The van der Waals surface area contributed by atoms with Gasteiger partial charge in [0.25, 0.3) is 5.91 Å². The maximum absolute atomic E-state index is 12.4. The lowest BCUT2D eigenvalue weighted by molar-refractivity contribution is -0.124. The number of Topliss-reactive ketones (excluding diaryl/α,β-unsaturated/α-hetero) is 1. The standard InChI is InChI=1S/C14H16BrNO2/c1-9-5-11(7-12(15)6-9)14(18)16-4-3-13(17)10(2)8-16/h5-7,10H,3-4,8H2,1-2H3. The summed E-state index contributed by atoms with van der Waals surface area (Å²) >= 11 is 3.40. The summed E-state index contributed by atoms with van der Waals surface area (Å²) < 4.78 is 0.909. The van der Waals surface area contributed by atoms with Crippen molar-refractivity contribution in [3.05, 3.63) is 33.8 Å². The third kappa shape index (κ3) is 2.80. The van der Waals surface area contributed by atoms with E-state index in [0.717, 1.165) is 10.0 Å². The molecule has 0 N–H and O–H groups in total. The Morgan fingerprint density at radius 1 is 1.39 bits per heavy atom. The first-order valence-corrected chi connectivity index (χ1v) is 6.86. The molecule has 1 unspecified atom stereocenters. The molecule has 0 radical (unpaired) electrons. The molecule has 0 bridgehead atoms. The lowest BCUT2D eigenvalue weighted by Crippen LogP contribution is -2.43. The minimum Gasteiger partial charge on any atom is -0.337 e. The first-order valence-electron chi connectivity index (χ1n) is 6.06. The van der Waals surface area contributed by atoms with E-state index in [2.05, 4.69) is 15.9 Å². The van der Waals surface area contributed by atoms with Crippen LogP contribution in [0.1, 0.15) is 29.3 Å². The summed E-state index contributed by atoms with van der Waals surface area (Å²) in [5.41, 5.74) is 1.73. The molecule has 0 aliphatic carbocycles. The Hall–Kier alpha value is -1.16. The van der Waals surface area contributed by atoms with Crippen LogP contribution in [0.5, 0.6) is 0 Å². The number of benzene rings is 1. The molecule has 1 atom stereocenters. The highest BCUT2D eigenvalue weighted by Gasteiger charge is 2.27. The molecule has 1 fully saturated rings. The van der Waals surface area contributed by atoms with Gasteiger partial charge in [0.2, 0.25) is 0 Å². The number of hydrogen-bond donors (Lipinski definition) is 0. The van der Waals surface area contributed by atoms with Crippen LogP contribution < -0.4 is 0 Å². The highest BCUT2D eigenvalue weighted by molar-refractivity contribution is 9.10. The highest BCUT2D eigenvalue weighted by atomic mass is 79.9. The number of carbonyl (C=O) groups is 2. The average molecular weight is 310 g/mol. The third-order valence-electron chi connectivity index (χ3n) is 3.25. The van der Waals surface area contributed by atoms with Crippen molar-refractivity contribution < 1.29 is 9.59 Å². The molecule has 1 amide bonds.